The molecule has 1 heterocycles. The Bertz CT molecular complexity index is 769. The summed E-state index contributed by atoms with van der Waals surface area (Å²) in [6.07, 6.45) is 6.11. The standard InChI is InChI=1S/C21H27N5O/c1-22-21(25-15-19-10-4-5-12-23-19)24-14-16-7-6-11-18(13-16)26-20(27)17-8-2-3-9-17/h4-7,10-13,17H,2-3,8-9,14-15H2,1H3,(H,26,27)(H2,22,24,25). The zero-order valence-corrected chi connectivity index (χ0v) is 15.7. The van der Waals surface area contributed by atoms with Gasteiger partial charge in [0, 0.05) is 31.4 Å². The molecular formula is C21H27N5O. The van der Waals surface area contributed by atoms with E-state index in [2.05, 4.69) is 25.9 Å². The summed E-state index contributed by atoms with van der Waals surface area (Å²) in [7, 11) is 1.74. The predicted molar refractivity (Wildman–Crippen MR) is 108 cm³/mol. The van der Waals surface area contributed by atoms with Crippen LogP contribution < -0.4 is 16.0 Å². The number of aliphatic imine (C=N–C) groups is 1. The first-order valence-corrected chi connectivity index (χ1v) is 9.49. The number of aromatic nitrogens is 1. The molecule has 3 rings (SSSR count). The van der Waals surface area contributed by atoms with Crippen LogP contribution >= 0.6 is 0 Å². The first-order valence-electron chi connectivity index (χ1n) is 9.49. The van der Waals surface area contributed by atoms with E-state index < -0.39 is 0 Å². The van der Waals surface area contributed by atoms with Gasteiger partial charge < -0.3 is 16.0 Å². The highest BCUT2D eigenvalue weighted by atomic mass is 16.1. The Balaban J connectivity index is 1.50. The fraction of sp³-hybridized carbons (Fsp3) is 0.381. The molecule has 2 aromatic rings. The van der Waals surface area contributed by atoms with Crippen molar-refractivity contribution in [1.29, 1.82) is 0 Å². The molecule has 1 aliphatic rings. The number of hydrogen-bond donors (Lipinski definition) is 3. The van der Waals surface area contributed by atoms with Crippen LogP contribution in [0.15, 0.2) is 53.7 Å². The van der Waals surface area contributed by atoms with Crippen molar-refractivity contribution in [3.63, 3.8) is 0 Å². The smallest absolute Gasteiger partial charge is 0.227 e. The number of hydrogen-bond acceptors (Lipinski definition) is 3. The van der Waals surface area contributed by atoms with Crippen LogP contribution in [-0.4, -0.2) is 23.9 Å². The number of amides is 1. The summed E-state index contributed by atoms with van der Waals surface area (Å²) in [6.45, 7) is 1.23. The number of nitrogens with zero attached hydrogens (tertiary/aromatic N) is 2. The fourth-order valence-corrected chi connectivity index (χ4v) is 3.27. The number of guanidine groups is 1. The minimum absolute atomic E-state index is 0.144. The molecule has 0 spiro atoms. The van der Waals surface area contributed by atoms with Crippen LogP contribution in [0.2, 0.25) is 0 Å². The van der Waals surface area contributed by atoms with Gasteiger partial charge in [0.05, 0.1) is 12.2 Å². The van der Waals surface area contributed by atoms with E-state index in [0.29, 0.717) is 19.0 Å². The lowest BCUT2D eigenvalue weighted by molar-refractivity contribution is -0.119. The molecule has 0 bridgehead atoms. The third kappa shape index (κ3) is 5.81. The second kappa shape index (κ2) is 9.71. The summed E-state index contributed by atoms with van der Waals surface area (Å²) < 4.78 is 0. The molecule has 1 aromatic carbocycles. The molecule has 0 atom stereocenters. The summed E-state index contributed by atoms with van der Waals surface area (Å²) in [5.41, 5.74) is 2.89. The Labute approximate surface area is 160 Å². The van der Waals surface area contributed by atoms with E-state index in [-0.39, 0.29) is 11.8 Å². The highest BCUT2D eigenvalue weighted by Crippen LogP contribution is 2.26. The Morgan fingerprint density at radius 2 is 1.93 bits per heavy atom. The third-order valence-electron chi connectivity index (χ3n) is 4.77. The van der Waals surface area contributed by atoms with E-state index in [1.165, 1.54) is 0 Å². The lowest BCUT2D eigenvalue weighted by atomic mass is 10.1. The maximum atomic E-state index is 12.3. The molecule has 27 heavy (non-hydrogen) atoms. The molecule has 0 radical (unpaired) electrons. The minimum atomic E-state index is 0.144. The third-order valence-corrected chi connectivity index (χ3v) is 4.77. The Kier molecular flexibility index (Phi) is 6.79. The summed E-state index contributed by atoms with van der Waals surface area (Å²) in [5.74, 6) is 1.02. The van der Waals surface area contributed by atoms with Crippen molar-refractivity contribution in [2.24, 2.45) is 10.9 Å². The van der Waals surface area contributed by atoms with Gasteiger partial charge in [0.2, 0.25) is 5.91 Å². The first kappa shape index (κ1) is 18.9. The van der Waals surface area contributed by atoms with Gasteiger partial charge in [-0.05, 0) is 42.7 Å². The number of anilines is 1. The largest absolute Gasteiger partial charge is 0.352 e. The SMILES string of the molecule is CN=C(NCc1cccc(NC(=O)C2CCCC2)c1)NCc1ccccn1. The number of rotatable bonds is 6. The monoisotopic (exact) mass is 365 g/mol. The van der Waals surface area contributed by atoms with Crippen molar-refractivity contribution in [3.05, 3.63) is 59.9 Å². The highest BCUT2D eigenvalue weighted by molar-refractivity contribution is 5.92. The minimum Gasteiger partial charge on any atom is -0.352 e. The molecule has 0 saturated heterocycles. The maximum Gasteiger partial charge on any atom is 0.227 e. The lowest BCUT2D eigenvalue weighted by Gasteiger charge is -2.13. The molecular weight excluding hydrogens is 338 g/mol. The van der Waals surface area contributed by atoms with Crippen LogP contribution in [0.25, 0.3) is 0 Å². The average molecular weight is 365 g/mol. The lowest BCUT2D eigenvalue weighted by Crippen LogP contribution is -2.36. The van der Waals surface area contributed by atoms with Gasteiger partial charge >= 0.3 is 0 Å². The summed E-state index contributed by atoms with van der Waals surface area (Å²) in [5, 5.41) is 9.59. The quantitative estimate of drug-likeness (QED) is 0.543. The average Bonchev–Trinajstić information content (AvgIpc) is 3.24. The van der Waals surface area contributed by atoms with Gasteiger partial charge in [-0.3, -0.25) is 14.8 Å². The molecule has 6 heteroatoms. The molecule has 3 N–H and O–H groups in total. The molecule has 6 nitrogen and oxygen atoms in total. The molecule has 1 aromatic heterocycles. The van der Waals surface area contributed by atoms with Crippen molar-refractivity contribution in [2.45, 2.75) is 38.8 Å². The number of carbonyl (C=O) groups excluding carboxylic acids is 1. The summed E-state index contributed by atoms with van der Waals surface area (Å²) >= 11 is 0. The Hall–Kier alpha value is -2.89. The first-order chi connectivity index (χ1) is 13.2. The van der Waals surface area contributed by atoms with Crippen LogP contribution in [0.5, 0.6) is 0 Å². The van der Waals surface area contributed by atoms with Crippen LogP contribution in [-0.2, 0) is 17.9 Å². The topological polar surface area (TPSA) is 78.4 Å². The van der Waals surface area contributed by atoms with Crippen molar-refractivity contribution in [1.82, 2.24) is 15.6 Å². The van der Waals surface area contributed by atoms with E-state index in [1.807, 2.05) is 42.5 Å². The number of nitrogens with one attached hydrogen (secondary N) is 3. The molecule has 0 unspecified atom stereocenters. The van der Waals surface area contributed by atoms with Crippen LogP contribution in [0, 0.1) is 5.92 Å². The van der Waals surface area contributed by atoms with Gasteiger partial charge in [-0.2, -0.15) is 0 Å². The van der Waals surface area contributed by atoms with E-state index in [1.54, 1.807) is 13.2 Å². The molecule has 1 fully saturated rings. The van der Waals surface area contributed by atoms with Crippen LogP contribution in [0.1, 0.15) is 36.9 Å². The van der Waals surface area contributed by atoms with E-state index in [4.69, 9.17) is 0 Å². The molecule has 0 aliphatic heterocycles. The van der Waals surface area contributed by atoms with E-state index in [0.717, 1.165) is 42.6 Å². The zero-order chi connectivity index (χ0) is 18.9. The second-order valence-electron chi connectivity index (χ2n) is 6.77. The van der Waals surface area contributed by atoms with Crippen molar-refractivity contribution >= 4 is 17.6 Å². The van der Waals surface area contributed by atoms with Gasteiger partial charge in [0.15, 0.2) is 5.96 Å². The van der Waals surface area contributed by atoms with Crippen molar-refractivity contribution in [2.75, 3.05) is 12.4 Å². The summed E-state index contributed by atoms with van der Waals surface area (Å²) in [6, 6.07) is 13.8. The van der Waals surface area contributed by atoms with Crippen LogP contribution in [0.3, 0.4) is 0 Å². The van der Waals surface area contributed by atoms with Gasteiger partial charge in [-0.25, -0.2) is 0 Å². The number of carbonyl (C=O) groups is 1. The fourth-order valence-electron chi connectivity index (χ4n) is 3.27. The maximum absolute atomic E-state index is 12.3. The van der Waals surface area contributed by atoms with Crippen LogP contribution in [0.4, 0.5) is 5.69 Å². The normalized spacial score (nSPS) is 14.8. The Morgan fingerprint density at radius 3 is 2.67 bits per heavy atom. The van der Waals surface area contributed by atoms with Gasteiger partial charge in [0.25, 0.3) is 0 Å². The highest BCUT2D eigenvalue weighted by Gasteiger charge is 2.22. The van der Waals surface area contributed by atoms with Gasteiger partial charge in [-0.15, -0.1) is 0 Å². The molecule has 1 amide bonds. The van der Waals surface area contributed by atoms with Crippen molar-refractivity contribution in [3.8, 4) is 0 Å². The Morgan fingerprint density at radius 1 is 1.11 bits per heavy atom. The second-order valence-corrected chi connectivity index (χ2v) is 6.77. The number of pyridine rings is 1. The van der Waals surface area contributed by atoms with E-state index >= 15 is 0 Å². The van der Waals surface area contributed by atoms with Gasteiger partial charge in [-0.1, -0.05) is 31.0 Å². The number of benzene rings is 1. The molecule has 1 aliphatic carbocycles. The molecule has 142 valence electrons. The summed E-state index contributed by atoms with van der Waals surface area (Å²) in [4.78, 5) is 20.8. The van der Waals surface area contributed by atoms with E-state index in [9.17, 15) is 4.79 Å². The van der Waals surface area contributed by atoms with Gasteiger partial charge in [0.1, 0.15) is 0 Å². The van der Waals surface area contributed by atoms with Crippen molar-refractivity contribution < 1.29 is 4.79 Å². The zero-order valence-electron chi connectivity index (χ0n) is 15.7. The predicted octanol–water partition coefficient (Wildman–Crippen LogP) is 3.08. The molecule has 1 saturated carbocycles.